The summed E-state index contributed by atoms with van der Waals surface area (Å²) in [5, 5.41) is 3.36. The minimum atomic E-state index is 0.278. The topological polar surface area (TPSA) is 21.3 Å². The van der Waals surface area contributed by atoms with Gasteiger partial charge in [0.05, 0.1) is 6.04 Å². The summed E-state index contributed by atoms with van der Waals surface area (Å²) in [6, 6.07) is 6.84. The van der Waals surface area contributed by atoms with Gasteiger partial charge in [-0.3, -0.25) is 0 Å². The summed E-state index contributed by atoms with van der Waals surface area (Å²) in [4.78, 5) is 0. The second kappa shape index (κ2) is 4.46. The maximum Gasteiger partial charge on any atom is 0.128 e. The third-order valence-corrected chi connectivity index (χ3v) is 3.39. The van der Waals surface area contributed by atoms with E-state index in [1.807, 2.05) is 7.05 Å². The van der Waals surface area contributed by atoms with E-state index in [1.165, 1.54) is 11.1 Å². The van der Waals surface area contributed by atoms with Crippen LogP contribution in [0.2, 0.25) is 0 Å². The van der Waals surface area contributed by atoms with E-state index < -0.39 is 0 Å². The van der Waals surface area contributed by atoms with E-state index in [4.69, 9.17) is 4.74 Å². The molecule has 1 aromatic rings. The molecule has 0 bridgehead atoms. The van der Waals surface area contributed by atoms with Gasteiger partial charge in [0.25, 0.3) is 0 Å². The zero-order valence-corrected chi connectivity index (χ0v) is 10.6. The Hall–Kier alpha value is -1.02. The van der Waals surface area contributed by atoms with Gasteiger partial charge in [-0.2, -0.15) is 0 Å². The van der Waals surface area contributed by atoms with Crippen LogP contribution < -0.4 is 10.1 Å². The summed E-state index contributed by atoms with van der Waals surface area (Å²) in [6.45, 7) is 6.61. The van der Waals surface area contributed by atoms with Gasteiger partial charge in [-0.25, -0.2) is 0 Å². The van der Waals surface area contributed by atoms with E-state index in [-0.39, 0.29) is 6.10 Å². The molecule has 0 aromatic heterocycles. The molecular formula is C14H21NO. The van der Waals surface area contributed by atoms with E-state index in [1.54, 1.807) is 0 Å². The second-order valence-electron chi connectivity index (χ2n) is 4.75. The van der Waals surface area contributed by atoms with E-state index in [9.17, 15) is 0 Å². The van der Waals surface area contributed by atoms with Crippen molar-refractivity contribution >= 4 is 0 Å². The van der Waals surface area contributed by atoms with Gasteiger partial charge >= 0.3 is 0 Å². The van der Waals surface area contributed by atoms with Gasteiger partial charge in [0.1, 0.15) is 11.9 Å². The number of likely N-dealkylation sites (N-methyl/N-ethyl adjacent to an activating group) is 1. The molecule has 88 valence electrons. The number of ether oxygens (including phenoxy) is 1. The van der Waals surface area contributed by atoms with Gasteiger partial charge in [0.2, 0.25) is 0 Å². The Balaban J connectivity index is 2.44. The molecule has 1 heterocycles. The highest BCUT2D eigenvalue weighted by atomic mass is 16.5. The van der Waals surface area contributed by atoms with E-state index >= 15 is 0 Å². The first-order chi connectivity index (χ1) is 7.69. The number of nitrogens with one attached hydrogen (secondary N) is 1. The summed E-state index contributed by atoms with van der Waals surface area (Å²) in [5.74, 6) is 1.63. The minimum absolute atomic E-state index is 0.278. The lowest BCUT2D eigenvalue weighted by Crippen LogP contribution is -2.27. The van der Waals surface area contributed by atoms with Crippen LogP contribution >= 0.6 is 0 Å². The Labute approximate surface area is 98.0 Å². The summed E-state index contributed by atoms with van der Waals surface area (Å²) in [7, 11) is 2.01. The quantitative estimate of drug-likeness (QED) is 0.842. The van der Waals surface area contributed by atoms with E-state index in [0.717, 1.165) is 12.2 Å². The third-order valence-electron chi connectivity index (χ3n) is 3.39. The molecule has 0 spiro atoms. The van der Waals surface area contributed by atoms with Crippen molar-refractivity contribution in [2.45, 2.75) is 45.3 Å². The Morgan fingerprint density at radius 2 is 2.12 bits per heavy atom. The van der Waals surface area contributed by atoms with Crippen molar-refractivity contribution in [2.75, 3.05) is 7.05 Å². The van der Waals surface area contributed by atoms with Crippen LogP contribution in [-0.2, 0) is 0 Å². The van der Waals surface area contributed by atoms with Crippen LogP contribution in [0.4, 0.5) is 0 Å². The fourth-order valence-corrected chi connectivity index (χ4v) is 2.49. The zero-order valence-electron chi connectivity index (χ0n) is 10.6. The molecule has 1 N–H and O–H groups in total. The van der Waals surface area contributed by atoms with Crippen LogP contribution in [0.3, 0.4) is 0 Å². The Bertz CT molecular complexity index is 373. The smallest absolute Gasteiger partial charge is 0.128 e. The summed E-state index contributed by atoms with van der Waals surface area (Å²) in [6.07, 6.45) is 1.32. The second-order valence-corrected chi connectivity index (χ2v) is 4.75. The van der Waals surface area contributed by atoms with Crippen molar-refractivity contribution in [2.24, 2.45) is 0 Å². The SMILES string of the molecule is CCC1Oc2c(C(C)C)cccc2C1NC. The van der Waals surface area contributed by atoms with Gasteiger partial charge in [0.15, 0.2) is 0 Å². The molecule has 0 fully saturated rings. The third kappa shape index (κ3) is 1.71. The molecule has 1 aliphatic rings. The normalized spacial score (nSPS) is 23.3. The van der Waals surface area contributed by atoms with Crippen LogP contribution in [0.5, 0.6) is 5.75 Å². The number of hydrogen-bond acceptors (Lipinski definition) is 2. The van der Waals surface area contributed by atoms with Crippen molar-refractivity contribution < 1.29 is 4.74 Å². The van der Waals surface area contributed by atoms with Crippen molar-refractivity contribution in [3.8, 4) is 5.75 Å². The number of hydrogen-bond donors (Lipinski definition) is 1. The van der Waals surface area contributed by atoms with Crippen LogP contribution in [0, 0.1) is 0 Å². The minimum Gasteiger partial charge on any atom is -0.488 e. The van der Waals surface area contributed by atoms with Gasteiger partial charge in [-0.15, -0.1) is 0 Å². The first kappa shape index (κ1) is 11.5. The molecule has 0 radical (unpaired) electrons. The largest absolute Gasteiger partial charge is 0.488 e. The fraction of sp³-hybridized carbons (Fsp3) is 0.571. The van der Waals surface area contributed by atoms with E-state index in [2.05, 4.69) is 44.3 Å². The van der Waals surface area contributed by atoms with Crippen LogP contribution in [0.25, 0.3) is 0 Å². The monoisotopic (exact) mass is 219 g/mol. The molecule has 1 aliphatic heterocycles. The predicted octanol–water partition coefficient (Wildman–Crippen LogP) is 3.24. The maximum absolute atomic E-state index is 6.09. The van der Waals surface area contributed by atoms with Crippen molar-refractivity contribution in [3.05, 3.63) is 29.3 Å². The summed E-state index contributed by atoms with van der Waals surface area (Å²) < 4.78 is 6.09. The molecule has 2 atom stereocenters. The highest BCUT2D eigenvalue weighted by Crippen LogP contribution is 2.42. The molecule has 0 saturated heterocycles. The number of rotatable bonds is 3. The van der Waals surface area contributed by atoms with Crippen molar-refractivity contribution in [1.29, 1.82) is 0 Å². The molecule has 2 heteroatoms. The molecule has 2 nitrogen and oxygen atoms in total. The molecule has 0 saturated carbocycles. The first-order valence-electron chi connectivity index (χ1n) is 6.15. The molecule has 2 unspecified atom stereocenters. The lowest BCUT2D eigenvalue weighted by Gasteiger charge is -2.16. The first-order valence-corrected chi connectivity index (χ1v) is 6.15. The van der Waals surface area contributed by atoms with Crippen LogP contribution in [-0.4, -0.2) is 13.2 Å². The van der Waals surface area contributed by atoms with Gasteiger partial charge in [-0.05, 0) is 24.9 Å². The summed E-state index contributed by atoms with van der Waals surface area (Å²) in [5.41, 5.74) is 2.65. The highest BCUT2D eigenvalue weighted by molar-refractivity contribution is 5.48. The number of para-hydroxylation sites is 1. The van der Waals surface area contributed by atoms with Crippen molar-refractivity contribution in [1.82, 2.24) is 5.32 Å². The van der Waals surface area contributed by atoms with Gasteiger partial charge < -0.3 is 10.1 Å². The molecule has 16 heavy (non-hydrogen) atoms. The molecule has 0 amide bonds. The van der Waals surface area contributed by atoms with Gasteiger partial charge in [-0.1, -0.05) is 39.0 Å². The molecule has 0 aliphatic carbocycles. The Morgan fingerprint density at radius 3 is 2.69 bits per heavy atom. The summed E-state index contributed by atoms with van der Waals surface area (Å²) >= 11 is 0. The standard InChI is InChI=1S/C14H21NO/c1-5-12-13(15-4)11-8-6-7-10(9(2)3)14(11)16-12/h6-9,12-13,15H,5H2,1-4H3. The molecule has 2 rings (SSSR count). The molecular weight excluding hydrogens is 198 g/mol. The lowest BCUT2D eigenvalue weighted by atomic mass is 9.96. The maximum atomic E-state index is 6.09. The van der Waals surface area contributed by atoms with Crippen LogP contribution in [0.1, 0.15) is 50.3 Å². The highest BCUT2D eigenvalue weighted by Gasteiger charge is 2.33. The fourth-order valence-electron chi connectivity index (χ4n) is 2.49. The van der Waals surface area contributed by atoms with Crippen LogP contribution in [0.15, 0.2) is 18.2 Å². The Kier molecular flexibility index (Phi) is 3.20. The average molecular weight is 219 g/mol. The number of fused-ring (bicyclic) bond motifs is 1. The zero-order chi connectivity index (χ0) is 11.7. The van der Waals surface area contributed by atoms with Crippen molar-refractivity contribution in [3.63, 3.8) is 0 Å². The predicted molar refractivity (Wildman–Crippen MR) is 67.0 cm³/mol. The lowest BCUT2D eigenvalue weighted by molar-refractivity contribution is 0.188. The average Bonchev–Trinajstić information content (AvgIpc) is 2.65. The number of benzene rings is 1. The Morgan fingerprint density at radius 1 is 1.38 bits per heavy atom. The van der Waals surface area contributed by atoms with Gasteiger partial charge in [0, 0.05) is 5.56 Å². The molecule has 1 aromatic carbocycles. The van der Waals surface area contributed by atoms with E-state index in [0.29, 0.717) is 12.0 Å².